The van der Waals surface area contributed by atoms with Crippen molar-refractivity contribution in [1.29, 1.82) is 0 Å². The average molecular weight is 497 g/mol. The van der Waals surface area contributed by atoms with E-state index in [9.17, 15) is 17.7 Å². The van der Waals surface area contributed by atoms with Gasteiger partial charge in [-0.05, 0) is 68.8 Å². The predicted octanol–water partition coefficient (Wildman–Crippen LogP) is 4.02. The van der Waals surface area contributed by atoms with Crippen LogP contribution in [0.5, 0.6) is 0 Å². The van der Waals surface area contributed by atoms with Crippen molar-refractivity contribution in [2.24, 2.45) is 0 Å². The molecule has 1 aliphatic heterocycles. The normalized spacial score (nSPS) is 16.6. The number of carbonyl (C=O) groups excluding carboxylic acids is 1. The molecule has 9 heteroatoms. The van der Waals surface area contributed by atoms with Crippen molar-refractivity contribution >= 4 is 41.1 Å². The summed E-state index contributed by atoms with van der Waals surface area (Å²) in [5.74, 6) is 0. The van der Waals surface area contributed by atoms with Gasteiger partial charge in [-0.15, -0.1) is 5.46 Å². The first-order valence-corrected chi connectivity index (χ1v) is 10.1. The fourth-order valence-electron chi connectivity index (χ4n) is 3.26. The van der Waals surface area contributed by atoms with E-state index >= 15 is 0 Å². The highest BCUT2D eigenvalue weighted by Crippen LogP contribution is 2.24. The summed E-state index contributed by atoms with van der Waals surface area (Å²) in [7, 11) is 0. The Bertz CT molecular complexity index is 712. The van der Waals surface area contributed by atoms with Crippen LogP contribution in [0.3, 0.4) is 0 Å². The van der Waals surface area contributed by atoms with Gasteiger partial charge in [0.1, 0.15) is 5.60 Å². The van der Waals surface area contributed by atoms with E-state index in [1.807, 2.05) is 49.4 Å². The van der Waals surface area contributed by atoms with Gasteiger partial charge in [-0.3, -0.25) is 4.90 Å². The lowest BCUT2D eigenvalue weighted by Gasteiger charge is -2.36. The van der Waals surface area contributed by atoms with Crippen LogP contribution in [0.25, 0.3) is 0 Å². The molecule has 27 heavy (non-hydrogen) atoms. The Morgan fingerprint density at radius 3 is 2.19 bits per heavy atom. The summed E-state index contributed by atoms with van der Waals surface area (Å²) in [6.45, 7) is 6.18. The van der Waals surface area contributed by atoms with E-state index in [1.165, 1.54) is 6.92 Å². The van der Waals surface area contributed by atoms with Gasteiger partial charge in [-0.25, -0.2) is 4.79 Å². The third-order valence-corrected chi connectivity index (χ3v) is 5.81. The van der Waals surface area contributed by atoms with Crippen molar-refractivity contribution in [1.82, 2.24) is 9.80 Å². The molecule has 0 saturated carbocycles. The standard InChI is InChI=1S/C18H26BF3IN2O2/c1-12-14(10-15(23)13(2)16(12)19(20,21)22)11-24-6-8-25(9-7-24)17(26)27-18(3,4)5/h10H,6-9,11H2,1-5H3/q-1. The predicted molar refractivity (Wildman–Crippen MR) is 110 cm³/mol. The summed E-state index contributed by atoms with van der Waals surface area (Å²) in [6.07, 6.45) is -0.342. The first-order chi connectivity index (χ1) is 12.3. The van der Waals surface area contributed by atoms with Gasteiger partial charge < -0.3 is 22.6 Å². The van der Waals surface area contributed by atoms with E-state index in [0.717, 1.165) is 0 Å². The van der Waals surface area contributed by atoms with E-state index in [-0.39, 0.29) is 6.09 Å². The van der Waals surface area contributed by atoms with Crippen LogP contribution in [0.1, 0.15) is 37.5 Å². The number of hydrogen-bond acceptors (Lipinski definition) is 3. The molecule has 1 fully saturated rings. The quantitative estimate of drug-likeness (QED) is 0.468. The molecule has 0 aromatic heterocycles. The molecule has 1 heterocycles. The van der Waals surface area contributed by atoms with Gasteiger partial charge in [0.15, 0.2) is 0 Å². The number of halogens is 4. The summed E-state index contributed by atoms with van der Waals surface area (Å²) in [6, 6.07) is 1.84. The zero-order valence-electron chi connectivity index (χ0n) is 16.4. The number of carbonyl (C=O) groups is 1. The van der Waals surface area contributed by atoms with Gasteiger partial charge >= 0.3 is 13.1 Å². The van der Waals surface area contributed by atoms with Crippen LogP contribution < -0.4 is 5.46 Å². The molecule has 1 amide bonds. The summed E-state index contributed by atoms with van der Waals surface area (Å²) < 4.78 is 46.5. The minimum atomic E-state index is -5.05. The smallest absolute Gasteiger partial charge is 0.445 e. The van der Waals surface area contributed by atoms with Crippen LogP contribution in [0, 0.1) is 17.4 Å². The Morgan fingerprint density at radius 1 is 1.15 bits per heavy atom. The minimum Gasteiger partial charge on any atom is -0.445 e. The molecule has 1 aliphatic rings. The number of hydrogen-bond donors (Lipinski definition) is 0. The Labute approximate surface area is 172 Å². The van der Waals surface area contributed by atoms with Crippen molar-refractivity contribution in [2.45, 2.75) is 46.8 Å². The highest BCUT2D eigenvalue weighted by molar-refractivity contribution is 14.1. The topological polar surface area (TPSA) is 32.8 Å². The van der Waals surface area contributed by atoms with Crippen molar-refractivity contribution in [3.8, 4) is 0 Å². The Kier molecular flexibility index (Phi) is 6.77. The number of nitrogens with zero attached hydrogens (tertiary/aromatic N) is 2. The number of ether oxygens (including phenoxy) is 1. The Balaban J connectivity index is 2.08. The second-order valence-electron chi connectivity index (χ2n) is 8.00. The number of amides is 1. The molecule has 0 aliphatic carbocycles. The largest absolute Gasteiger partial charge is 0.510 e. The first kappa shape index (κ1) is 22.3. The molecule has 1 aromatic rings. The molecule has 0 N–H and O–H groups in total. The molecule has 4 nitrogen and oxygen atoms in total. The van der Waals surface area contributed by atoms with Crippen LogP contribution in [0.15, 0.2) is 6.07 Å². The molecule has 1 saturated heterocycles. The van der Waals surface area contributed by atoms with E-state index < -0.39 is 18.0 Å². The van der Waals surface area contributed by atoms with Gasteiger partial charge in [-0.1, -0.05) is 11.1 Å². The molecule has 0 radical (unpaired) electrons. The van der Waals surface area contributed by atoms with Gasteiger partial charge in [0, 0.05) is 36.3 Å². The molecular formula is C18H26BF3IN2O2-. The summed E-state index contributed by atoms with van der Waals surface area (Å²) >= 11 is 1.97. The van der Waals surface area contributed by atoms with Crippen molar-refractivity contribution < 1.29 is 22.5 Å². The van der Waals surface area contributed by atoms with Crippen molar-refractivity contribution in [2.75, 3.05) is 26.2 Å². The monoisotopic (exact) mass is 497 g/mol. The van der Waals surface area contributed by atoms with Crippen LogP contribution in [0.4, 0.5) is 17.7 Å². The van der Waals surface area contributed by atoms with Gasteiger partial charge in [0.25, 0.3) is 0 Å². The van der Waals surface area contributed by atoms with E-state index in [2.05, 4.69) is 4.90 Å². The fourth-order valence-corrected chi connectivity index (χ4v) is 3.93. The summed E-state index contributed by atoms with van der Waals surface area (Å²) in [5, 5.41) is 0. The molecule has 2 rings (SSSR count). The number of rotatable bonds is 3. The van der Waals surface area contributed by atoms with Gasteiger partial charge in [0.2, 0.25) is 0 Å². The second kappa shape index (κ2) is 8.18. The summed E-state index contributed by atoms with van der Waals surface area (Å²) in [5.41, 5.74) is 0.308. The zero-order valence-corrected chi connectivity index (χ0v) is 18.6. The lowest BCUT2D eigenvalue weighted by Crippen LogP contribution is -2.49. The third kappa shape index (κ3) is 5.76. The van der Waals surface area contributed by atoms with Crippen LogP contribution in [-0.4, -0.2) is 54.7 Å². The fraction of sp³-hybridized carbons (Fsp3) is 0.611. The maximum absolute atomic E-state index is 13.5. The molecule has 0 spiro atoms. The Hall–Kier alpha value is -0.965. The van der Waals surface area contributed by atoms with Crippen LogP contribution >= 0.6 is 22.6 Å². The zero-order chi connectivity index (χ0) is 20.6. The van der Waals surface area contributed by atoms with Crippen LogP contribution in [0.2, 0.25) is 0 Å². The lowest BCUT2D eigenvalue weighted by molar-refractivity contribution is 0.0139. The number of benzene rings is 1. The maximum atomic E-state index is 13.5. The second-order valence-corrected chi connectivity index (χ2v) is 9.16. The highest BCUT2D eigenvalue weighted by Gasteiger charge is 2.32. The molecule has 0 bridgehead atoms. The molecular weight excluding hydrogens is 471 g/mol. The van der Waals surface area contributed by atoms with E-state index in [1.54, 1.807) is 11.8 Å². The van der Waals surface area contributed by atoms with Crippen molar-refractivity contribution in [3.05, 3.63) is 26.3 Å². The third-order valence-electron chi connectivity index (χ3n) is 4.69. The first-order valence-electron chi connectivity index (χ1n) is 8.98. The Morgan fingerprint density at radius 2 is 1.70 bits per heavy atom. The molecule has 0 unspecified atom stereocenters. The molecule has 0 atom stereocenters. The molecule has 1 aromatic carbocycles. The van der Waals surface area contributed by atoms with Crippen LogP contribution in [-0.2, 0) is 11.3 Å². The van der Waals surface area contributed by atoms with Gasteiger partial charge in [-0.2, -0.15) is 0 Å². The van der Waals surface area contributed by atoms with Gasteiger partial charge in [0.05, 0.1) is 0 Å². The highest BCUT2D eigenvalue weighted by atomic mass is 127. The molecule has 152 valence electrons. The van der Waals surface area contributed by atoms with E-state index in [0.29, 0.717) is 53.0 Å². The summed E-state index contributed by atoms with van der Waals surface area (Å²) in [4.78, 5) is 15.9. The lowest BCUT2D eigenvalue weighted by atomic mass is 9.73. The SMILES string of the molecule is Cc1c(I)cc(CN2CCN(C(=O)OC(C)(C)C)CC2)c(C)c1[B-](F)(F)F. The maximum Gasteiger partial charge on any atom is 0.510 e. The number of piperazine rings is 1. The minimum absolute atomic E-state index is 0.305. The van der Waals surface area contributed by atoms with E-state index in [4.69, 9.17) is 4.74 Å². The average Bonchev–Trinajstić information content (AvgIpc) is 2.50. The van der Waals surface area contributed by atoms with Crippen molar-refractivity contribution in [3.63, 3.8) is 0 Å².